The highest BCUT2D eigenvalue weighted by atomic mass is 32.2. The van der Waals surface area contributed by atoms with E-state index in [2.05, 4.69) is 12.2 Å². The largest absolute Gasteiger partial charge is 0.314 e. The normalized spacial score (nSPS) is 18.6. The minimum absolute atomic E-state index is 0.111. The predicted molar refractivity (Wildman–Crippen MR) is 77.3 cm³/mol. The fraction of sp³-hybridized carbons (Fsp3) is 0.571. The lowest BCUT2D eigenvalue weighted by Crippen LogP contribution is -2.45. The van der Waals surface area contributed by atoms with Crippen LogP contribution in [-0.4, -0.2) is 38.4 Å². The average molecular weight is 282 g/mol. The van der Waals surface area contributed by atoms with Crippen LogP contribution in [0.25, 0.3) is 0 Å². The van der Waals surface area contributed by atoms with Gasteiger partial charge in [0.05, 0.1) is 5.75 Å². The number of nitrogens with one attached hydrogen (secondary N) is 1. The molecule has 1 aliphatic heterocycles. The molecule has 5 heteroatoms. The van der Waals surface area contributed by atoms with E-state index in [4.69, 9.17) is 0 Å². The van der Waals surface area contributed by atoms with Crippen molar-refractivity contribution in [3.8, 4) is 0 Å². The molecule has 0 spiro atoms. The summed E-state index contributed by atoms with van der Waals surface area (Å²) in [5.74, 6) is 0.111. The minimum atomic E-state index is -3.17. The third-order valence-electron chi connectivity index (χ3n) is 3.53. The third kappa shape index (κ3) is 4.03. The number of hydrogen-bond acceptors (Lipinski definition) is 3. The van der Waals surface area contributed by atoms with E-state index in [1.807, 2.05) is 30.3 Å². The van der Waals surface area contributed by atoms with Gasteiger partial charge in [0, 0.05) is 19.1 Å². The van der Waals surface area contributed by atoms with Crippen molar-refractivity contribution in [2.75, 3.05) is 19.6 Å². The predicted octanol–water partition coefficient (Wildman–Crippen LogP) is 1.59. The summed E-state index contributed by atoms with van der Waals surface area (Å²) in [7, 11) is -3.17. The Morgan fingerprint density at radius 1 is 1.21 bits per heavy atom. The van der Waals surface area contributed by atoms with Gasteiger partial charge in [0.1, 0.15) is 0 Å². The summed E-state index contributed by atoms with van der Waals surface area (Å²) in [4.78, 5) is 0. The van der Waals surface area contributed by atoms with Crippen LogP contribution in [-0.2, 0) is 15.8 Å². The van der Waals surface area contributed by atoms with E-state index < -0.39 is 10.0 Å². The van der Waals surface area contributed by atoms with Crippen LogP contribution in [0.3, 0.4) is 0 Å². The highest BCUT2D eigenvalue weighted by Crippen LogP contribution is 2.17. The monoisotopic (exact) mass is 282 g/mol. The molecule has 19 heavy (non-hydrogen) atoms. The molecule has 0 amide bonds. The number of hydrogen-bond donors (Lipinski definition) is 1. The molecule has 1 heterocycles. The first-order chi connectivity index (χ1) is 9.12. The molecular formula is C14H22N2O2S. The fourth-order valence-corrected chi connectivity index (χ4v) is 4.07. The van der Waals surface area contributed by atoms with Gasteiger partial charge in [0.2, 0.25) is 10.0 Å². The number of sulfonamides is 1. The second kappa shape index (κ2) is 6.50. The number of nitrogens with zero attached hydrogens (tertiary/aromatic N) is 1. The molecule has 1 N–H and O–H groups in total. The summed E-state index contributed by atoms with van der Waals surface area (Å²) in [5.41, 5.74) is 0.858. The van der Waals surface area contributed by atoms with Crippen LogP contribution in [0.1, 0.15) is 25.3 Å². The Morgan fingerprint density at radius 2 is 1.84 bits per heavy atom. The van der Waals surface area contributed by atoms with Gasteiger partial charge < -0.3 is 5.32 Å². The second-order valence-electron chi connectivity index (χ2n) is 4.97. The smallest absolute Gasteiger partial charge is 0.218 e. The molecule has 1 aliphatic rings. The van der Waals surface area contributed by atoms with Gasteiger partial charge in [-0.15, -0.1) is 0 Å². The number of benzene rings is 1. The number of piperidine rings is 1. The molecule has 0 radical (unpaired) electrons. The lowest BCUT2D eigenvalue weighted by molar-refractivity contribution is 0.292. The Balaban J connectivity index is 1.94. The maximum Gasteiger partial charge on any atom is 0.218 e. The molecule has 0 aliphatic carbocycles. The lowest BCUT2D eigenvalue weighted by Gasteiger charge is -2.31. The summed E-state index contributed by atoms with van der Waals surface area (Å²) >= 11 is 0. The molecule has 1 aromatic carbocycles. The standard InChI is InChI=1S/C14H22N2O2S/c1-2-15-14-8-10-16(11-9-14)19(17,18)12-13-6-4-3-5-7-13/h3-7,14-15H,2,8-12H2,1H3. The van der Waals surface area contributed by atoms with Crippen LogP contribution in [0, 0.1) is 0 Å². The molecule has 106 valence electrons. The van der Waals surface area contributed by atoms with Gasteiger partial charge in [-0.2, -0.15) is 0 Å². The Hall–Kier alpha value is -0.910. The summed E-state index contributed by atoms with van der Waals surface area (Å²) < 4.78 is 26.3. The molecule has 1 fully saturated rings. The van der Waals surface area contributed by atoms with Gasteiger partial charge in [-0.1, -0.05) is 37.3 Å². The van der Waals surface area contributed by atoms with Crippen molar-refractivity contribution in [2.24, 2.45) is 0 Å². The third-order valence-corrected chi connectivity index (χ3v) is 5.38. The fourth-order valence-electron chi connectivity index (χ4n) is 2.50. The average Bonchev–Trinajstić information content (AvgIpc) is 2.40. The van der Waals surface area contributed by atoms with Crippen molar-refractivity contribution in [1.29, 1.82) is 0 Å². The Morgan fingerprint density at radius 3 is 2.42 bits per heavy atom. The maximum atomic E-state index is 12.3. The first-order valence-corrected chi connectivity index (χ1v) is 8.48. The van der Waals surface area contributed by atoms with Gasteiger partial charge >= 0.3 is 0 Å². The van der Waals surface area contributed by atoms with Crippen LogP contribution in [0.4, 0.5) is 0 Å². The van der Waals surface area contributed by atoms with Gasteiger partial charge in [-0.3, -0.25) is 0 Å². The van der Waals surface area contributed by atoms with E-state index >= 15 is 0 Å². The van der Waals surface area contributed by atoms with Crippen molar-refractivity contribution in [1.82, 2.24) is 9.62 Å². The number of rotatable bonds is 5. The molecule has 0 bridgehead atoms. The zero-order valence-electron chi connectivity index (χ0n) is 11.4. The first-order valence-electron chi connectivity index (χ1n) is 6.87. The van der Waals surface area contributed by atoms with E-state index in [0.717, 1.165) is 24.9 Å². The molecule has 0 unspecified atom stereocenters. The van der Waals surface area contributed by atoms with Gasteiger partial charge in [-0.25, -0.2) is 12.7 Å². The minimum Gasteiger partial charge on any atom is -0.314 e. The molecule has 1 aromatic rings. The van der Waals surface area contributed by atoms with Crippen LogP contribution >= 0.6 is 0 Å². The van der Waals surface area contributed by atoms with Crippen molar-refractivity contribution in [3.05, 3.63) is 35.9 Å². The second-order valence-corrected chi connectivity index (χ2v) is 6.94. The molecule has 0 atom stereocenters. The molecule has 4 nitrogen and oxygen atoms in total. The van der Waals surface area contributed by atoms with E-state index in [9.17, 15) is 8.42 Å². The zero-order chi connectivity index (χ0) is 13.7. The summed E-state index contributed by atoms with van der Waals surface area (Å²) in [6, 6.07) is 9.85. The summed E-state index contributed by atoms with van der Waals surface area (Å²) in [6.07, 6.45) is 1.81. The topological polar surface area (TPSA) is 49.4 Å². The van der Waals surface area contributed by atoms with Crippen molar-refractivity contribution in [3.63, 3.8) is 0 Å². The zero-order valence-corrected chi connectivity index (χ0v) is 12.2. The van der Waals surface area contributed by atoms with Crippen LogP contribution in [0.5, 0.6) is 0 Å². The van der Waals surface area contributed by atoms with Crippen molar-refractivity contribution in [2.45, 2.75) is 31.6 Å². The van der Waals surface area contributed by atoms with Crippen LogP contribution in [0.2, 0.25) is 0 Å². The SMILES string of the molecule is CCNC1CCN(S(=O)(=O)Cc2ccccc2)CC1. The first kappa shape index (κ1) is 14.5. The quantitative estimate of drug-likeness (QED) is 0.892. The van der Waals surface area contributed by atoms with Gasteiger partial charge in [-0.05, 0) is 24.9 Å². The van der Waals surface area contributed by atoms with Crippen LogP contribution < -0.4 is 5.32 Å². The van der Waals surface area contributed by atoms with Crippen LogP contribution in [0.15, 0.2) is 30.3 Å². The van der Waals surface area contributed by atoms with E-state index in [-0.39, 0.29) is 5.75 Å². The molecule has 2 rings (SSSR count). The van der Waals surface area contributed by atoms with Gasteiger partial charge in [0.15, 0.2) is 0 Å². The Labute approximate surface area is 115 Å². The van der Waals surface area contributed by atoms with E-state index in [1.54, 1.807) is 4.31 Å². The highest BCUT2D eigenvalue weighted by Gasteiger charge is 2.27. The summed E-state index contributed by atoms with van der Waals surface area (Å²) in [5, 5.41) is 3.38. The van der Waals surface area contributed by atoms with E-state index in [1.165, 1.54) is 0 Å². The maximum absolute atomic E-state index is 12.3. The molecule has 0 aromatic heterocycles. The molecule has 1 saturated heterocycles. The highest BCUT2D eigenvalue weighted by molar-refractivity contribution is 7.88. The van der Waals surface area contributed by atoms with Gasteiger partial charge in [0.25, 0.3) is 0 Å². The molecule has 0 saturated carbocycles. The lowest BCUT2D eigenvalue weighted by atomic mass is 10.1. The molecular weight excluding hydrogens is 260 g/mol. The Bertz CT molecular complexity index is 479. The van der Waals surface area contributed by atoms with Crippen molar-refractivity contribution < 1.29 is 8.42 Å². The van der Waals surface area contributed by atoms with E-state index in [0.29, 0.717) is 19.1 Å². The Kier molecular flexibility index (Phi) is 4.96. The van der Waals surface area contributed by atoms with Crippen molar-refractivity contribution >= 4 is 10.0 Å². The summed E-state index contributed by atoms with van der Waals surface area (Å²) in [6.45, 7) is 4.29.